The molecule has 2 aromatic heterocycles. The van der Waals surface area contributed by atoms with Crippen molar-refractivity contribution in [3.8, 4) is 17.3 Å². The number of nitro groups is 1. The number of carbonyl (C=O) groups excluding carboxylic acids is 1. The van der Waals surface area contributed by atoms with Gasteiger partial charge in [0.05, 0.1) is 30.9 Å². The molecular formula is C18H18N6O5. The zero-order valence-electron chi connectivity index (χ0n) is 16.2. The smallest absolute Gasteiger partial charge is 0.286 e. The summed E-state index contributed by atoms with van der Waals surface area (Å²) >= 11 is 0. The summed E-state index contributed by atoms with van der Waals surface area (Å²) < 4.78 is 11.8. The summed E-state index contributed by atoms with van der Waals surface area (Å²) in [5.41, 5.74) is 1.05. The van der Waals surface area contributed by atoms with E-state index in [-0.39, 0.29) is 22.9 Å². The average Bonchev–Trinajstić information content (AvgIpc) is 3.04. The van der Waals surface area contributed by atoms with Gasteiger partial charge in [-0.2, -0.15) is 5.10 Å². The normalized spacial score (nSPS) is 10.5. The van der Waals surface area contributed by atoms with Crippen molar-refractivity contribution in [2.75, 3.05) is 19.5 Å². The second-order valence-corrected chi connectivity index (χ2v) is 6.04. The van der Waals surface area contributed by atoms with E-state index < -0.39 is 16.5 Å². The van der Waals surface area contributed by atoms with Crippen LogP contribution in [0.5, 0.6) is 11.5 Å². The molecular weight excluding hydrogens is 380 g/mol. The number of nitrogens with one attached hydrogen (secondary N) is 1. The van der Waals surface area contributed by atoms with Crippen LogP contribution < -0.4 is 14.8 Å². The predicted molar refractivity (Wildman–Crippen MR) is 103 cm³/mol. The summed E-state index contributed by atoms with van der Waals surface area (Å²) in [7, 11) is 2.72. The van der Waals surface area contributed by atoms with Gasteiger partial charge in [0.25, 0.3) is 11.6 Å². The fourth-order valence-electron chi connectivity index (χ4n) is 2.78. The van der Waals surface area contributed by atoms with Crippen molar-refractivity contribution in [2.45, 2.75) is 13.8 Å². The van der Waals surface area contributed by atoms with Gasteiger partial charge in [0.2, 0.25) is 0 Å². The summed E-state index contributed by atoms with van der Waals surface area (Å²) in [6, 6.07) is 5.78. The molecule has 29 heavy (non-hydrogen) atoms. The molecule has 0 atom stereocenters. The van der Waals surface area contributed by atoms with Crippen LogP contribution in [0.1, 0.15) is 21.7 Å². The molecule has 0 saturated heterocycles. The molecule has 2 heterocycles. The van der Waals surface area contributed by atoms with Crippen LogP contribution in [0, 0.1) is 24.0 Å². The Labute approximate surface area is 165 Å². The number of hydrogen-bond acceptors (Lipinski definition) is 8. The molecule has 1 aromatic carbocycles. The highest BCUT2D eigenvalue weighted by atomic mass is 16.6. The Kier molecular flexibility index (Phi) is 5.39. The number of anilines is 1. The summed E-state index contributed by atoms with van der Waals surface area (Å²) in [5.74, 6) is 0.217. The SMILES string of the molecule is COc1cc(C(=O)Nc2cc(-n3nc(C)cc3C)ncn2)c([N+](=O)[O-])cc1OC. The quantitative estimate of drug-likeness (QED) is 0.494. The number of carbonyl (C=O) groups is 1. The Morgan fingerprint density at radius 2 is 1.79 bits per heavy atom. The minimum Gasteiger partial charge on any atom is -0.493 e. The van der Waals surface area contributed by atoms with Crippen LogP contribution in [-0.4, -0.2) is 44.8 Å². The van der Waals surface area contributed by atoms with Gasteiger partial charge in [0.1, 0.15) is 17.7 Å². The molecule has 0 radical (unpaired) electrons. The second kappa shape index (κ2) is 7.92. The zero-order valence-corrected chi connectivity index (χ0v) is 16.2. The molecule has 0 aliphatic carbocycles. The number of benzene rings is 1. The molecule has 0 aliphatic rings. The molecule has 0 spiro atoms. The van der Waals surface area contributed by atoms with Crippen molar-refractivity contribution < 1.29 is 19.2 Å². The van der Waals surface area contributed by atoms with Crippen LogP contribution in [0.4, 0.5) is 11.5 Å². The van der Waals surface area contributed by atoms with Crippen molar-refractivity contribution in [1.29, 1.82) is 0 Å². The topological polar surface area (TPSA) is 134 Å². The van der Waals surface area contributed by atoms with Gasteiger partial charge in [-0.05, 0) is 19.9 Å². The van der Waals surface area contributed by atoms with E-state index in [0.29, 0.717) is 5.82 Å². The monoisotopic (exact) mass is 398 g/mol. The van der Waals surface area contributed by atoms with Crippen LogP contribution in [0.2, 0.25) is 0 Å². The van der Waals surface area contributed by atoms with Crippen LogP contribution in [0.25, 0.3) is 5.82 Å². The first-order chi connectivity index (χ1) is 13.8. The largest absolute Gasteiger partial charge is 0.493 e. The molecule has 0 unspecified atom stereocenters. The Hall–Kier alpha value is -4.02. The second-order valence-electron chi connectivity index (χ2n) is 6.04. The van der Waals surface area contributed by atoms with Gasteiger partial charge in [-0.1, -0.05) is 0 Å². The number of methoxy groups -OCH3 is 2. The van der Waals surface area contributed by atoms with Crippen molar-refractivity contribution >= 4 is 17.4 Å². The van der Waals surface area contributed by atoms with Crippen molar-refractivity contribution in [1.82, 2.24) is 19.7 Å². The van der Waals surface area contributed by atoms with Gasteiger partial charge in [0.15, 0.2) is 17.3 Å². The number of ether oxygens (including phenoxy) is 2. The first-order valence-electron chi connectivity index (χ1n) is 8.41. The molecule has 3 aromatic rings. The summed E-state index contributed by atoms with van der Waals surface area (Å²) in [6.07, 6.45) is 1.27. The number of aryl methyl sites for hydroxylation is 2. The van der Waals surface area contributed by atoms with Gasteiger partial charge >= 0.3 is 0 Å². The maximum Gasteiger partial charge on any atom is 0.286 e. The molecule has 0 aliphatic heterocycles. The van der Waals surface area contributed by atoms with Gasteiger partial charge in [0, 0.05) is 17.8 Å². The Morgan fingerprint density at radius 3 is 2.38 bits per heavy atom. The molecule has 150 valence electrons. The standard InChI is InChI=1S/C18H18N6O5/c1-10-5-11(2)23(22-10)17-8-16(19-9-20-17)21-18(25)12-6-14(28-3)15(29-4)7-13(12)24(26)27/h5-9H,1-4H3,(H,19,20,21,25). The lowest BCUT2D eigenvalue weighted by Crippen LogP contribution is -2.16. The first kappa shape index (κ1) is 19.7. The van der Waals surface area contributed by atoms with E-state index in [0.717, 1.165) is 17.5 Å². The van der Waals surface area contributed by atoms with Gasteiger partial charge < -0.3 is 14.8 Å². The molecule has 1 amide bonds. The predicted octanol–water partition coefficient (Wildman–Crippen LogP) is 2.46. The summed E-state index contributed by atoms with van der Waals surface area (Å²) in [6.45, 7) is 3.72. The van der Waals surface area contributed by atoms with E-state index in [1.807, 2.05) is 19.9 Å². The fraction of sp³-hybridized carbons (Fsp3) is 0.222. The lowest BCUT2D eigenvalue weighted by molar-refractivity contribution is -0.385. The lowest BCUT2D eigenvalue weighted by atomic mass is 10.1. The highest BCUT2D eigenvalue weighted by molar-refractivity contribution is 6.07. The third-order valence-electron chi connectivity index (χ3n) is 4.06. The molecule has 3 rings (SSSR count). The third kappa shape index (κ3) is 3.98. The molecule has 0 fully saturated rings. The zero-order chi connectivity index (χ0) is 21.1. The summed E-state index contributed by atoms with van der Waals surface area (Å²) in [5, 5.41) is 18.3. The van der Waals surface area contributed by atoms with E-state index in [9.17, 15) is 14.9 Å². The Morgan fingerprint density at radius 1 is 1.10 bits per heavy atom. The molecule has 11 nitrogen and oxygen atoms in total. The van der Waals surface area contributed by atoms with E-state index in [1.54, 1.807) is 4.68 Å². The maximum absolute atomic E-state index is 12.7. The van der Waals surface area contributed by atoms with Gasteiger partial charge in [-0.25, -0.2) is 14.6 Å². The molecule has 11 heteroatoms. The first-order valence-corrected chi connectivity index (χ1v) is 8.41. The average molecular weight is 398 g/mol. The van der Waals surface area contributed by atoms with E-state index in [1.165, 1.54) is 32.7 Å². The number of amides is 1. The maximum atomic E-state index is 12.7. The van der Waals surface area contributed by atoms with Crippen LogP contribution in [0.3, 0.4) is 0 Å². The molecule has 0 bridgehead atoms. The number of hydrogen-bond donors (Lipinski definition) is 1. The number of nitrogens with zero attached hydrogens (tertiary/aromatic N) is 5. The van der Waals surface area contributed by atoms with E-state index >= 15 is 0 Å². The third-order valence-corrected chi connectivity index (χ3v) is 4.06. The Bertz CT molecular complexity index is 1090. The number of aromatic nitrogens is 4. The van der Waals surface area contributed by atoms with Crippen molar-refractivity contribution in [2.24, 2.45) is 0 Å². The van der Waals surface area contributed by atoms with Gasteiger partial charge in [-0.15, -0.1) is 0 Å². The van der Waals surface area contributed by atoms with Crippen LogP contribution >= 0.6 is 0 Å². The minimum absolute atomic E-state index is 0.143. The van der Waals surface area contributed by atoms with E-state index in [4.69, 9.17) is 9.47 Å². The van der Waals surface area contributed by atoms with Gasteiger partial charge in [-0.3, -0.25) is 14.9 Å². The molecule has 1 N–H and O–H groups in total. The van der Waals surface area contributed by atoms with E-state index in [2.05, 4.69) is 20.4 Å². The van der Waals surface area contributed by atoms with Crippen LogP contribution in [0.15, 0.2) is 30.6 Å². The highest BCUT2D eigenvalue weighted by Gasteiger charge is 2.25. The number of rotatable bonds is 6. The van der Waals surface area contributed by atoms with Crippen LogP contribution in [-0.2, 0) is 0 Å². The van der Waals surface area contributed by atoms with Crippen molar-refractivity contribution in [3.05, 3.63) is 57.7 Å². The fourth-order valence-corrected chi connectivity index (χ4v) is 2.78. The number of nitro benzene ring substituents is 1. The lowest BCUT2D eigenvalue weighted by Gasteiger charge is -2.11. The molecule has 0 saturated carbocycles. The highest BCUT2D eigenvalue weighted by Crippen LogP contribution is 2.34. The Balaban J connectivity index is 1.96. The van der Waals surface area contributed by atoms with Crippen molar-refractivity contribution in [3.63, 3.8) is 0 Å². The summed E-state index contributed by atoms with van der Waals surface area (Å²) in [4.78, 5) is 31.6. The minimum atomic E-state index is -0.726.